The number of hydrogen-bond donors (Lipinski definition) is 2. The first-order valence-electron chi connectivity index (χ1n) is 6.69. The van der Waals surface area contributed by atoms with Crippen LogP contribution in [0.1, 0.15) is 31.3 Å². The van der Waals surface area contributed by atoms with Gasteiger partial charge in [0, 0.05) is 23.5 Å². The SMILES string of the molecule is CC(C)n1ncnc1CC(Cc1cccc(Cl)c1)NN. The van der Waals surface area contributed by atoms with Crippen LogP contribution in [0.2, 0.25) is 5.02 Å². The van der Waals surface area contributed by atoms with Gasteiger partial charge in [-0.2, -0.15) is 5.10 Å². The summed E-state index contributed by atoms with van der Waals surface area (Å²) in [5.41, 5.74) is 4.00. The molecule has 5 nitrogen and oxygen atoms in total. The van der Waals surface area contributed by atoms with Crippen LogP contribution in [0.25, 0.3) is 0 Å². The molecule has 0 aliphatic heterocycles. The molecule has 1 heterocycles. The smallest absolute Gasteiger partial charge is 0.138 e. The van der Waals surface area contributed by atoms with Gasteiger partial charge in [0.1, 0.15) is 12.2 Å². The standard InChI is InChI=1S/C14H20ClN5/c1-10(2)20-14(17-9-18-20)8-13(19-16)7-11-4-3-5-12(15)6-11/h3-6,9-10,13,19H,7-8,16H2,1-2H3. The Balaban J connectivity index is 2.07. The lowest BCUT2D eigenvalue weighted by atomic mass is 10.0. The van der Waals surface area contributed by atoms with Crippen molar-refractivity contribution in [3.05, 3.63) is 47.0 Å². The van der Waals surface area contributed by atoms with Crippen LogP contribution in [-0.4, -0.2) is 20.8 Å². The first-order chi connectivity index (χ1) is 9.60. The second kappa shape index (κ2) is 6.83. The Morgan fingerprint density at radius 2 is 2.15 bits per heavy atom. The summed E-state index contributed by atoms with van der Waals surface area (Å²) in [6, 6.07) is 8.20. The number of rotatable bonds is 6. The highest BCUT2D eigenvalue weighted by Crippen LogP contribution is 2.14. The van der Waals surface area contributed by atoms with Gasteiger partial charge < -0.3 is 0 Å². The van der Waals surface area contributed by atoms with Crippen molar-refractivity contribution in [2.45, 2.75) is 38.8 Å². The van der Waals surface area contributed by atoms with Crippen molar-refractivity contribution in [2.75, 3.05) is 0 Å². The predicted octanol–water partition coefficient (Wildman–Crippen LogP) is 2.13. The molecule has 2 rings (SSSR count). The summed E-state index contributed by atoms with van der Waals surface area (Å²) in [5.74, 6) is 6.60. The Morgan fingerprint density at radius 1 is 1.35 bits per heavy atom. The highest BCUT2D eigenvalue weighted by Gasteiger charge is 2.15. The van der Waals surface area contributed by atoms with Crippen molar-refractivity contribution >= 4 is 11.6 Å². The molecule has 1 unspecified atom stereocenters. The Labute approximate surface area is 124 Å². The number of nitrogens with zero attached hydrogens (tertiary/aromatic N) is 3. The van der Waals surface area contributed by atoms with Gasteiger partial charge in [-0.3, -0.25) is 11.3 Å². The van der Waals surface area contributed by atoms with Gasteiger partial charge in [0.15, 0.2) is 0 Å². The van der Waals surface area contributed by atoms with E-state index in [2.05, 4.69) is 29.4 Å². The van der Waals surface area contributed by atoms with E-state index in [1.165, 1.54) is 0 Å². The van der Waals surface area contributed by atoms with Gasteiger partial charge in [0.05, 0.1) is 0 Å². The van der Waals surface area contributed by atoms with Gasteiger partial charge in [0.25, 0.3) is 0 Å². The Kier molecular flexibility index (Phi) is 5.11. The Morgan fingerprint density at radius 3 is 2.80 bits per heavy atom. The van der Waals surface area contributed by atoms with E-state index in [-0.39, 0.29) is 12.1 Å². The first kappa shape index (κ1) is 15.0. The largest absolute Gasteiger partial charge is 0.271 e. The summed E-state index contributed by atoms with van der Waals surface area (Å²) < 4.78 is 1.92. The highest BCUT2D eigenvalue weighted by molar-refractivity contribution is 6.30. The first-order valence-corrected chi connectivity index (χ1v) is 7.07. The van der Waals surface area contributed by atoms with Crippen LogP contribution in [0.5, 0.6) is 0 Å². The maximum absolute atomic E-state index is 6.00. The zero-order valence-corrected chi connectivity index (χ0v) is 12.5. The molecule has 1 atom stereocenters. The topological polar surface area (TPSA) is 68.8 Å². The zero-order valence-electron chi connectivity index (χ0n) is 11.8. The zero-order chi connectivity index (χ0) is 14.5. The fourth-order valence-corrected chi connectivity index (χ4v) is 2.42. The maximum atomic E-state index is 6.00. The minimum atomic E-state index is 0.0927. The highest BCUT2D eigenvalue weighted by atomic mass is 35.5. The van der Waals surface area contributed by atoms with Crippen LogP contribution in [-0.2, 0) is 12.8 Å². The fourth-order valence-electron chi connectivity index (χ4n) is 2.21. The molecule has 0 amide bonds. The van der Waals surface area contributed by atoms with Crippen molar-refractivity contribution in [2.24, 2.45) is 5.84 Å². The van der Waals surface area contributed by atoms with Crippen molar-refractivity contribution < 1.29 is 0 Å². The molecule has 0 spiro atoms. The van der Waals surface area contributed by atoms with Gasteiger partial charge in [-0.05, 0) is 38.0 Å². The summed E-state index contributed by atoms with van der Waals surface area (Å²) in [4.78, 5) is 4.31. The van der Waals surface area contributed by atoms with Gasteiger partial charge >= 0.3 is 0 Å². The second-order valence-corrected chi connectivity index (χ2v) is 5.55. The van der Waals surface area contributed by atoms with E-state index in [1.54, 1.807) is 6.33 Å². The summed E-state index contributed by atoms with van der Waals surface area (Å²) in [6.07, 6.45) is 3.10. The van der Waals surface area contributed by atoms with Crippen molar-refractivity contribution in [1.82, 2.24) is 20.2 Å². The van der Waals surface area contributed by atoms with Gasteiger partial charge in [-0.25, -0.2) is 9.67 Å². The molecule has 0 saturated heterocycles. The molecule has 0 aliphatic carbocycles. The second-order valence-electron chi connectivity index (χ2n) is 5.12. The van der Waals surface area contributed by atoms with Gasteiger partial charge in [0.2, 0.25) is 0 Å². The maximum Gasteiger partial charge on any atom is 0.138 e. The van der Waals surface area contributed by atoms with Crippen molar-refractivity contribution in [3.63, 3.8) is 0 Å². The van der Waals surface area contributed by atoms with E-state index in [1.807, 2.05) is 28.9 Å². The van der Waals surface area contributed by atoms with Crippen LogP contribution in [0, 0.1) is 0 Å². The molecule has 0 radical (unpaired) electrons. The lowest BCUT2D eigenvalue weighted by molar-refractivity contribution is 0.459. The summed E-state index contributed by atoms with van der Waals surface area (Å²) in [7, 11) is 0. The molecular weight excluding hydrogens is 274 g/mol. The summed E-state index contributed by atoms with van der Waals surface area (Å²) in [5, 5.41) is 4.98. The quantitative estimate of drug-likeness (QED) is 0.632. The van der Waals surface area contributed by atoms with E-state index in [0.717, 1.165) is 29.3 Å². The van der Waals surface area contributed by atoms with Gasteiger partial charge in [-0.15, -0.1) is 0 Å². The molecule has 0 aliphatic rings. The lowest BCUT2D eigenvalue weighted by Gasteiger charge is -2.17. The molecule has 3 N–H and O–H groups in total. The molecule has 2 aromatic rings. The molecule has 6 heteroatoms. The van der Waals surface area contributed by atoms with E-state index in [4.69, 9.17) is 17.4 Å². The van der Waals surface area contributed by atoms with Crippen LogP contribution in [0.3, 0.4) is 0 Å². The molecule has 1 aromatic carbocycles. The molecule has 0 bridgehead atoms. The molecule has 1 aromatic heterocycles. The molecule has 108 valence electrons. The average molecular weight is 294 g/mol. The summed E-state index contributed by atoms with van der Waals surface area (Å²) in [6.45, 7) is 4.17. The molecular formula is C14H20ClN5. The number of halogens is 1. The molecule has 20 heavy (non-hydrogen) atoms. The number of aromatic nitrogens is 3. The monoisotopic (exact) mass is 293 g/mol. The number of benzene rings is 1. The Hall–Kier alpha value is -1.43. The number of hydrogen-bond acceptors (Lipinski definition) is 4. The van der Waals surface area contributed by atoms with E-state index < -0.39 is 0 Å². The summed E-state index contributed by atoms with van der Waals surface area (Å²) >= 11 is 6.00. The van der Waals surface area contributed by atoms with E-state index >= 15 is 0 Å². The van der Waals surface area contributed by atoms with Crippen LogP contribution >= 0.6 is 11.6 Å². The molecule has 0 saturated carbocycles. The fraction of sp³-hybridized carbons (Fsp3) is 0.429. The number of nitrogens with one attached hydrogen (secondary N) is 1. The number of nitrogens with two attached hydrogens (primary N) is 1. The molecule has 0 fully saturated rings. The van der Waals surface area contributed by atoms with E-state index in [0.29, 0.717) is 0 Å². The third-order valence-electron chi connectivity index (χ3n) is 3.17. The lowest BCUT2D eigenvalue weighted by Crippen LogP contribution is -2.39. The predicted molar refractivity (Wildman–Crippen MR) is 80.4 cm³/mol. The van der Waals surface area contributed by atoms with Crippen molar-refractivity contribution in [3.8, 4) is 0 Å². The van der Waals surface area contributed by atoms with Gasteiger partial charge in [-0.1, -0.05) is 23.7 Å². The minimum absolute atomic E-state index is 0.0927. The minimum Gasteiger partial charge on any atom is -0.271 e. The Bertz CT molecular complexity index is 552. The third-order valence-corrected chi connectivity index (χ3v) is 3.41. The van der Waals surface area contributed by atoms with Crippen molar-refractivity contribution in [1.29, 1.82) is 0 Å². The third kappa shape index (κ3) is 3.79. The van der Waals surface area contributed by atoms with Crippen LogP contribution in [0.4, 0.5) is 0 Å². The van der Waals surface area contributed by atoms with Crippen LogP contribution < -0.4 is 11.3 Å². The van der Waals surface area contributed by atoms with Crippen LogP contribution in [0.15, 0.2) is 30.6 Å². The number of hydrazine groups is 1. The normalized spacial score (nSPS) is 12.8. The average Bonchev–Trinajstić information content (AvgIpc) is 2.86. The van der Waals surface area contributed by atoms with E-state index in [9.17, 15) is 0 Å².